The van der Waals surface area contributed by atoms with Crippen molar-refractivity contribution >= 4 is 0 Å². The van der Waals surface area contributed by atoms with Gasteiger partial charge < -0.3 is 5.11 Å². The minimum Gasteiger partial charge on any atom is -0.393 e. The Labute approximate surface area is 87.9 Å². The molecular weight excluding hydrogens is 172 g/mol. The van der Waals surface area contributed by atoms with Crippen LogP contribution in [0.2, 0.25) is 0 Å². The van der Waals surface area contributed by atoms with E-state index in [4.69, 9.17) is 0 Å². The van der Waals surface area contributed by atoms with Crippen LogP contribution < -0.4 is 0 Å². The van der Waals surface area contributed by atoms with Crippen molar-refractivity contribution in [3.63, 3.8) is 0 Å². The second-order valence-electron chi connectivity index (χ2n) is 5.31. The van der Waals surface area contributed by atoms with Crippen LogP contribution in [0.5, 0.6) is 0 Å². The van der Waals surface area contributed by atoms with Gasteiger partial charge >= 0.3 is 0 Å². The summed E-state index contributed by atoms with van der Waals surface area (Å²) >= 11 is 0. The molecule has 0 amide bonds. The maximum atomic E-state index is 10.2. The lowest BCUT2D eigenvalue weighted by atomic mass is 9.90. The zero-order valence-electron chi connectivity index (χ0n) is 9.41. The van der Waals surface area contributed by atoms with Gasteiger partial charge in [-0.2, -0.15) is 0 Å². The zero-order valence-corrected chi connectivity index (χ0v) is 9.41. The fourth-order valence-corrected chi connectivity index (χ4v) is 3.16. The van der Waals surface area contributed by atoms with Gasteiger partial charge in [-0.25, -0.2) is 0 Å². The van der Waals surface area contributed by atoms with E-state index in [1.54, 1.807) is 0 Å². The van der Waals surface area contributed by atoms with Crippen LogP contribution in [0.25, 0.3) is 0 Å². The fraction of sp³-hybridized carbons (Fsp3) is 1.00. The Kier molecular flexibility index (Phi) is 3.48. The Hall–Kier alpha value is -0.0400. The van der Waals surface area contributed by atoms with Crippen molar-refractivity contribution < 1.29 is 5.11 Å². The minimum absolute atomic E-state index is 0.0399. The summed E-state index contributed by atoms with van der Waals surface area (Å²) in [5, 5.41) is 10.2. The molecule has 0 spiro atoms. The molecule has 0 radical (unpaired) electrons. The molecule has 2 saturated carbocycles. The van der Waals surface area contributed by atoms with E-state index in [1.165, 1.54) is 51.4 Å². The van der Waals surface area contributed by atoms with Crippen molar-refractivity contribution in [1.29, 1.82) is 0 Å². The first-order valence-corrected chi connectivity index (χ1v) is 6.51. The van der Waals surface area contributed by atoms with Gasteiger partial charge in [-0.3, -0.25) is 0 Å². The van der Waals surface area contributed by atoms with E-state index < -0.39 is 0 Å². The van der Waals surface area contributed by atoms with Gasteiger partial charge in [0.25, 0.3) is 0 Å². The maximum absolute atomic E-state index is 10.2. The highest BCUT2D eigenvalue weighted by atomic mass is 16.3. The van der Waals surface area contributed by atoms with Crippen molar-refractivity contribution in [2.45, 2.75) is 64.4 Å². The van der Waals surface area contributed by atoms with Gasteiger partial charge in [-0.05, 0) is 37.0 Å². The molecule has 2 aliphatic rings. The predicted octanol–water partition coefficient (Wildman–Crippen LogP) is 3.36. The van der Waals surface area contributed by atoms with E-state index in [0.717, 1.165) is 5.92 Å². The van der Waals surface area contributed by atoms with E-state index >= 15 is 0 Å². The van der Waals surface area contributed by atoms with Gasteiger partial charge in [0.2, 0.25) is 0 Å². The summed E-state index contributed by atoms with van der Waals surface area (Å²) in [6.07, 6.45) is 10.7. The summed E-state index contributed by atoms with van der Waals surface area (Å²) in [5.41, 5.74) is 0. The molecule has 1 heteroatoms. The Morgan fingerprint density at radius 3 is 2.29 bits per heavy atom. The van der Waals surface area contributed by atoms with Crippen LogP contribution in [0.15, 0.2) is 0 Å². The summed E-state index contributed by atoms with van der Waals surface area (Å²) in [7, 11) is 0. The molecule has 2 aliphatic carbocycles. The Morgan fingerprint density at radius 1 is 1.14 bits per heavy atom. The van der Waals surface area contributed by atoms with Crippen molar-refractivity contribution in [2.75, 3.05) is 0 Å². The van der Waals surface area contributed by atoms with E-state index in [2.05, 4.69) is 6.92 Å². The molecule has 0 aliphatic heterocycles. The predicted molar refractivity (Wildman–Crippen MR) is 59.1 cm³/mol. The normalized spacial score (nSPS) is 36.4. The molecule has 0 aromatic carbocycles. The zero-order chi connectivity index (χ0) is 9.97. The van der Waals surface area contributed by atoms with E-state index in [-0.39, 0.29) is 6.10 Å². The lowest BCUT2D eigenvalue weighted by Gasteiger charge is -2.21. The van der Waals surface area contributed by atoms with Crippen LogP contribution in [-0.4, -0.2) is 11.2 Å². The van der Waals surface area contributed by atoms with Crippen LogP contribution in [0.4, 0.5) is 0 Å². The SMILES string of the molecule is CCC1CC1C(O)C1CCCCCC1. The molecule has 14 heavy (non-hydrogen) atoms. The quantitative estimate of drug-likeness (QED) is 0.686. The topological polar surface area (TPSA) is 20.2 Å². The van der Waals surface area contributed by atoms with Crippen LogP contribution in [-0.2, 0) is 0 Å². The van der Waals surface area contributed by atoms with Gasteiger partial charge in [0, 0.05) is 0 Å². The highest BCUT2D eigenvalue weighted by Crippen LogP contribution is 2.47. The lowest BCUT2D eigenvalue weighted by molar-refractivity contribution is 0.0728. The first kappa shape index (κ1) is 10.5. The minimum atomic E-state index is 0.0399. The molecule has 0 aromatic heterocycles. The highest BCUT2D eigenvalue weighted by Gasteiger charge is 2.43. The Balaban J connectivity index is 1.81. The van der Waals surface area contributed by atoms with Gasteiger partial charge in [-0.1, -0.05) is 39.0 Å². The molecular formula is C13H24O. The monoisotopic (exact) mass is 196 g/mol. The van der Waals surface area contributed by atoms with Gasteiger partial charge in [0.05, 0.1) is 6.10 Å². The summed E-state index contributed by atoms with van der Waals surface area (Å²) < 4.78 is 0. The summed E-state index contributed by atoms with van der Waals surface area (Å²) in [6, 6.07) is 0. The second kappa shape index (κ2) is 4.65. The third-order valence-electron chi connectivity index (χ3n) is 4.32. The fourth-order valence-electron chi connectivity index (χ4n) is 3.16. The molecule has 82 valence electrons. The summed E-state index contributed by atoms with van der Waals surface area (Å²) in [6.45, 7) is 2.25. The first-order valence-electron chi connectivity index (χ1n) is 6.51. The third-order valence-corrected chi connectivity index (χ3v) is 4.32. The van der Waals surface area contributed by atoms with Crippen LogP contribution in [0.1, 0.15) is 58.3 Å². The maximum Gasteiger partial charge on any atom is 0.0599 e. The number of hydrogen-bond acceptors (Lipinski definition) is 1. The van der Waals surface area contributed by atoms with Crippen molar-refractivity contribution in [3.8, 4) is 0 Å². The number of aliphatic hydroxyl groups is 1. The van der Waals surface area contributed by atoms with Crippen molar-refractivity contribution in [1.82, 2.24) is 0 Å². The van der Waals surface area contributed by atoms with Gasteiger partial charge in [0.15, 0.2) is 0 Å². The second-order valence-corrected chi connectivity index (χ2v) is 5.31. The molecule has 3 atom stereocenters. The standard InChI is InChI=1S/C13H24O/c1-2-10-9-12(10)13(14)11-7-5-3-4-6-8-11/h10-14H,2-9H2,1H3. The van der Waals surface area contributed by atoms with E-state index in [1.807, 2.05) is 0 Å². The third kappa shape index (κ3) is 2.31. The molecule has 0 heterocycles. The Morgan fingerprint density at radius 2 is 1.79 bits per heavy atom. The van der Waals surface area contributed by atoms with Gasteiger partial charge in [0.1, 0.15) is 0 Å². The average molecular weight is 196 g/mol. The van der Waals surface area contributed by atoms with Crippen molar-refractivity contribution in [3.05, 3.63) is 0 Å². The molecule has 0 aromatic rings. The van der Waals surface area contributed by atoms with Crippen LogP contribution in [0.3, 0.4) is 0 Å². The average Bonchev–Trinajstić information content (AvgIpc) is 3.01. The number of rotatable bonds is 3. The summed E-state index contributed by atoms with van der Waals surface area (Å²) in [4.78, 5) is 0. The molecule has 0 saturated heterocycles. The molecule has 2 fully saturated rings. The number of hydrogen-bond donors (Lipinski definition) is 1. The molecule has 2 rings (SSSR count). The molecule has 3 unspecified atom stereocenters. The van der Waals surface area contributed by atoms with E-state index in [9.17, 15) is 5.11 Å². The van der Waals surface area contributed by atoms with Crippen LogP contribution >= 0.6 is 0 Å². The Bertz CT molecular complexity index is 170. The van der Waals surface area contributed by atoms with Gasteiger partial charge in [-0.15, -0.1) is 0 Å². The molecule has 1 N–H and O–H groups in total. The molecule has 0 bridgehead atoms. The van der Waals surface area contributed by atoms with Crippen LogP contribution in [0, 0.1) is 17.8 Å². The first-order chi connectivity index (χ1) is 6.83. The number of aliphatic hydroxyl groups excluding tert-OH is 1. The smallest absolute Gasteiger partial charge is 0.0599 e. The molecule has 1 nitrogen and oxygen atoms in total. The van der Waals surface area contributed by atoms with E-state index in [0.29, 0.717) is 11.8 Å². The lowest BCUT2D eigenvalue weighted by Crippen LogP contribution is -2.22. The van der Waals surface area contributed by atoms with Crippen molar-refractivity contribution in [2.24, 2.45) is 17.8 Å². The largest absolute Gasteiger partial charge is 0.393 e. The summed E-state index contributed by atoms with van der Waals surface area (Å²) in [5.74, 6) is 2.16. The highest BCUT2D eigenvalue weighted by molar-refractivity contribution is 4.93.